The summed E-state index contributed by atoms with van der Waals surface area (Å²) in [6.45, 7) is 4.24. The van der Waals surface area contributed by atoms with E-state index < -0.39 is 0 Å². The van der Waals surface area contributed by atoms with Gasteiger partial charge in [0.05, 0.1) is 18.1 Å². The van der Waals surface area contributed by atoms with E-state index in [4.69, 9.17) is 16.3 Å². The number of rotatable bonds is 9. The molecule has 10 heteroatoms. The zero-order valence-electron chi connectivity index (χ0n) is 19.6. The van der Waals surface area contributed by atoms with Gasteiger partial charge in [0.2, 0.25) is 0 Å². The Morgan fingerprint density at radius 2 is 1.75 bits per heavy atom. The first kappa shape index (κ1) is 25.4. The summed E-state index contributed by atoms with van der Waals surface area (Å²) < 4.78 is 20.6. The van der Waals surface area contributed by atoms with Crippen LogP contribution in [0.25, 0.3) is 17.1 Å². The number of aromatic nitrogens is 3. The highest BCUT2D eigenvalue weighted by Crippen LogP contribution is 2.29. The van der Waals surface area contributed by atoms with E-state index in [1.54, 1.807) is 31.2 Å². The molecule has 7 nitrogen and oxygen atoms in total. The van der Waals surface area contributed by atoms with Crippen molar-refractivity contribution in [2.75, 3.05) is 12.4 Å². The van der Waals surface area contributed by atoms with Crippen molar-refractivity contribution in [3.8, 4) is 22.8 Å². The summed E-state index contributed by atoms with van der Waals surface area (Å²) in [6, 6.07) is 20.8. The molecule has 184 valence electrons. The number of halogens is 2. The van der Waals surface area contributed by atoms with Gasteiger partial charge in [-0.2, -0.15) is 5.10 Å². The topological polar surface area (TPSA) is 81.4 Å². The van der Waals surface area contributed by atoms with E-state index in [9.17, 15) is 9.18 Å². The monoisotopic (exact) mass is 523 g/mol. The van der Waals surface area contributed by atoms with Crippen LogP contribution in [0.3, 0.4) is 0 Å². The number of carbonyl (C=O) groups is 1. The van der Waals surface area contributed by atoms with Crippen molar-refractivity contribution in [1.29, 1.82) is 0 Å². The number of hydrazone groups is 1. The first-order valence-corrected chi connectivity index (χ1v) is 12.5. The Morgan fingerprint density at radius 1 is 1.06 bits per heavy atom. The SMILES string of the molecule is CCOc1ccc(-n2c(SCC(=O)N/N=C(\C)c3ccc(F)cc3)nnc2-c2ccc(Cl)cc2)cc1. The molecular weight excluding hydrogens is 501 g/mol. The average molecular weight is 524 g/mol. The fraction of sp³-hybridized carbons (Fsp3) is 0.154. The second-order valence-electron chi connectivity index (χ2n) is 7.60. The van der Waals surface area contributed by atoms with E-state index in [0.29, 0.717) is 33.9 Å². The van der Waals surface area contributed by atoms with E-state index in [-0.39, 0.29) is 17.5 Å². The molecule has 0 fully saturated rings. The molecule has 0 radical (unpaired) electrons. The van der Waals surface area contributed by atoms with Crippen LogP contribution in [-0.4, -0.2) is 38.7 Å². The van der Waals surface area contributed by atoms with Crippen molar-refractivity contribution in [3.05, 3.63) is 89.2 Å². The van der Waals surface area contributed by atoms with Crippen molar-refractivity contribution < 1.29 is 13.9 Å². The standard InChI is InChI=1S/C26H23ClFN5O2S/c1-3-35-23-14-12-22(13-15-23)33-25(19-4-8-20(27)9-5-19)31-32-26(33)36-16-24(34)30-29-17(2)18-6-10-21(28)11-7-18/h4-15H,3,16H2,1-2H3,(H,30,34)/b29-17+. The molecule has 4 rings (SSSR count). The summed E-state index contributed by atoms with van der Waals surface area (Å²) >= 11 is 7.29. The summed E-state index contributed by atoms with van der Waals surface area (Å²) in [5, 5.41) is 14.0. The number of ether oxygens (including phenoxy) is 1. The van der Waals surface area contributed by atoms with Crippen LogP contribution >= 0.6 is 23.4 Å². The Labute approximate surface area is 217 Å². The van der Waals surface area contributed by atoms with E-state index >= 15 is 0 Å². The highest BCUT2D eigenvalue weighted by molar-refractivity contribution is 7.99. The minimum atomic E-state index is -0.332. The van der Waals surface area contributed by atoms with Crippen LogP contribution < -0.4 is 10.2 Å². The Kier molecular flexibility index (Phi) is 8.35. The van der Waals surface area contributed by atoms with Gasteiger partial charge in [-0.15, -0.1) is 10.2 Å². The fourth-order valence-corrected chi connectivity index (χ4v) is 4.17. The van der Waals surface area contributed by atoms with Crippen LogP contribution in [0.2, 0.25) is 5.02 Å². The summed E-state index contributed by atoms with van der Waals surface area (Å²) in [4.78, 5) is 12.5. The van der Waals surface area contributed by atoms with Crippen LogP contribution in [0.4, 0.5) is 4.39 Å². The molecule has 36 heavy (non-hydrogen) atoms. The maximum atomic E-state index is 13.1. The predicted molar refractivity (Wildman–Crippen MR) is 140 cm³/mol. The molecule has 0 bridgehead atoms. The molecular formula is C26H23ClFN5O2S. The molecule has 1 heterocycles. The summed E-state index contributed by atoms with van der Waals surface area (Å²) in [5.74, 6) is 0.794. The van der Waals surface area contributed by atoms with Crippen LogP contribution in [0.1, 0.15) is 19.4 Å². The number of thioether (sulfide) groups is 1. The Bertz CT molecular complexity index is 1360. The highest BCUT2D eigenvalue weighted by atomic mass is 35.5. The van der Waals surface area contributed by atoms with Crippen molar-refractivity contribution >= 4 is 35.0 Å². The van der Waals surface area contributed by atoms with Crippen molar-refractivity contribution in [2.24, 2.45) is 5.10 Å². The van der Waals surface area contributed by atoms with Gasteiger partial charge in [0.15, 0.2) is 11.0 Å². The lowest BCUT2D eigenvalue weighted by Crippen LogP contribution is -2.21. The third kappa shape index (κ3) is 6.30. The smallest absolute Gasteiger partial charge is 0.250 e. The number of hydrogen-bond donors (Lipinski definition) is 1. The third-order valence-corrected chi connectivity index (χ3v) is 6.27. The van der Waals surface area contributed by atoms with Gasteiger partial charge in [-0.05, 0) is 80.1 Å². The van der Waals surface area contributed by atoms with Crippen LogP contribution in [-0.2, 0) is 4.79 Å². The lowest BCUT2D eigenvalue weighted by molar-refractivity contribution is -0.118. The zero-order valence-corrected chi connectivity index (χ0v) is 21.2. The second-order valence-corrected chi connectivity index (χ2v) is 8.98. The maximum Gasteiger partial charge on any atom is 0.250 e. The first-order valence-electron chi connectivity index (χ1n) is 11.1. The molecule has 0 aliphatic carbocycles. The van der Waals surface area contributed by atoms with E-state index in [0.717, 1.165) is 17.0 Å². The Morgan fingerprint density at radius 3 is 2.42 bits per heavy atom. The van der Waals surface area contributed by atoms with Gasteiger partial charge < -0.3 is 4.74 Å². The van der Waals surface area contributed by atoms with E-state index in [1.807, 2.05) is 47.9 Å². The minimum absolute atomic E-state index is 0.0655. The largest absolute Gasteiger partial charge is 0.494 e. The number of hydrogen-bond acceptors (Lipinski definition) is 6. The Hall–Kier alpha value is -3.69. The molecule has 1 aromatic heterocycles. The molecule has 0 aliphatic rings. The van der Waals surface area contributed by atoms with Gasteiger partial charge in [0.1, 0.15) is 11.6 Å². The molecule has 0 atom stereocenters. The summed E-state index contributed by atoms with van der Waals surface area (Å²) in [7, 11) is 0. The molecule has 4 aromatic rings. The van der Waals surface area contributed by atoms with Gasteiger partial charge >= 0.3 is 0 Å². The molecule has 0 aliphatic heterocycles. The van der Waals surface area contributed by atoms with Gasteiger partial charge in [0, 0.05) is 16.3 Å². The lowest BCUT2D eigenvalue weighted by atomic mass is 10.1. The normalized spacial score (nSPS) is 11.4. The number of benzene rings is 3. The average Bonchev–Trinajstić information content (AvgIpc) is 3.31. The Balaban J connectivity index is 1.53. The molecule has 0 saturated heterocycles. The number of nitrogens with zero attached hydrogens (tertiary/aromatic N) is 4. The number of amides is 1. The highest BCUT2D eigenvalue weighted by Gasteiger charge is 2.17. The van der Waals surface area contributed by atoms with Crippen LogP contribution in [0.5, 0.6) is 5.75 Å². The van der Waals surface area contributed by atoms with Gasteiger partial charge in [0.25, 0.3) is 5.91 Å². The lowest BCUT2D eigenvalue weighted by Gasteiger charge is -2.11. The van der Waals surface area contributed by atoms with E-state index in [1.165, 1.54) is 23.9 Å². The fourth-order valence-electron chi connectivity index (χ4n) is 3.30. The molecule has 0 saturated carbocycles. The first-order chi connectivity index (χ1) is 17.4. The van der Waals surface area contributed by atoms with Crippen molar-refractivity contribution in [2.45, 2.75) is 19.0 Å². The van der Waals surface area contributed by atoms with E-state index in [2.05, 4.69) is 20.7 Å². The van der Waals surface area contributed by atoms with Crippen molar-refractivity contribution in [1.82, 2.24) is 20.2 Å². The predicted octanol–water partition coefficient (Wildman–Crippen LogP) is 5.76. The minimum Gasteiger partial charge on any atom is -0.494 e. The number of carbonyl (C=O) groups excluding carboxylic acids is 1. The molecule has 1 amide bonds. The van der Waals surface area contributed by atoms with Gasteiger partial charge in [-0.1, -0.05) is 35.5 Å². The molecule has 3 aromatic carbocycles. The van der Waals surface area contributed by atoms with Gasteiger partial charge in [-0.25, -0.2) is 9.82 Å². The summed E-state index contributed by atoms with van der Waals surface area (Å²) in [5.41, 5.74) is 5.47. The number of nitrogens with one attached hydrogen (secondary N) is 1. The zero-order chi connectivity index (χ0) is 25.5. The van der Waals surface area contributed by atoms with Crippen LogP contribution in [0.15, 0.2) is 83.1 Å². The quantitative estimate of drug-likeness (QED) is 0.171. The molecule has 0 spiro atoms. The molecule has 0 unspecified atom stereocenters. The van der Waals surface area contributed by atoms with Crippen LogP contribution in [0, 0.1) is 5.82 Å². The molecule has 1 N–H and O–H groups in total. The van der Waals surface area contributed by atoms with Crippen molar-refractivity contribution in [3.63, 3.8) is 0 Å². The third-order valence-electron chi connectivity index (χ3n) is 5.08. The van der Waals surface area contributed by atoms with Gasteiger partial charge in [-0.3, -0.25) is 9.36 Å². The second kappa shape index (κ2) is 11.8. The maximum absolute atomic E-state index is 13.1. The summed E-state index contributed by atoms with van der Waals surface area (Å²) in [6.07, 6.45) is 0.